The maximum absolute atomic E-state index is 13.3. The zero-order valence-electron chi connectivity index (χ0n) is 14.7. The summed E-state index contributed by atoms with van der Waals surface area (Å²) in [6.45, 7) is 2.16. The minimum atomic E-state index is -0.651. The topological polar surface area (TPSA) is 81.9 Å². The Morgan fingerprint density at radius 3 is 2.58 bits per heavy atom. The van der Waals surface area contributed by atoms with Crippen LogP contribution in [0.3, 0.4) is 0 Å². The van der Waals surface area contributed by atoms with Crippen molar-refractivity contribution in [3.8, 4) is 11.5 Å². The largest absolute Gasteiger partial charge is 0.493 e. The average Bonchev–Trinajstić information content (AvgIpc) is 2.60. The predicted octanol–water partition coefficient (Wildman–Crippen LogP) is 3.41. The molecule has 0 N–H and O–H groups in total. The zero-order chi connectivity index (χ0) is 19.3. The molecule has 2 aromatic carbocycles. The molecule has 8 heteroatoms. The summed E-state index contributed by atoms with van der Waals surface area (Å²) in [7, 11) is 2.85. The number of carbonyl (C=O) groups excluding carboxylic acids is 1. The van der Waals surface area contributed by atoms with Crippen LogP contribution >= 0.6 is 0 Å². The van der Waals surface area contributed by atoms with Gasteiger partial charge in [0.15, 0.2) is 11.5 Å². The maximum atomic E-state index is 13.3. The lowest BCUT2D eigenvalue weighted by Gasteiger charge is -2.18. The second kappa shape index (κ2) is 8.28. The first-order valence-electron chi connectivity index (χ1n) is 7.86. The Balaban J connectivity index is 2.39. The molecule has 0 aliphatic rings. The summed E-state index contributed by atoms with van der Waals surface area (Å²) in [5.74, 6) is -0.590. The Bertz CT molecular complexity index is 825. The van der Waals surface area contributed by atoms with E-state index in [1.807, 2.05) is 0 Å². The van der Waals surface area contributed by atoms with Crippen LogP contribution in [-0.4, -0.2) is 36.5 Å². The van der Waals surface area contributed by atoms with Crippen LogP contribution in [0.15, 0.2) is 36.4 Å². The first-order valence-corrected chi connectivity index (χ1v) is 7.86. The van der Waals surface area contributed by atoms with E-state index in [4.69, 9.17) is 9.47 Å². The number of benzene rings is 2. The van der Waals surface area contributed by atoms with Gasteiger partial charge in [0, 0.05) is 19.7 Å². The highest BCUT2D eigenvalue weighted by Crippen LogP contribution is 2.35. The number of ether oxygens (including phenoxy) is 2. The molecule has 0 saturated carbocycles. The summed E-state index contributed by atoms with van der Waals surface area (Å²) in [5.41, 5.74) is 0.0570. The normalized spacial score (nSPS) is 10.3. The van der Waals surface area contributed by atoms with E-state index in [1.54, 1.807) is 13.0 Å². The van der Waals surface area contributed by atoms with Crippen molar-refractivity contribution in [2.45, 2.75) is 13.5 Å². The highest BCUT2D eigenvalue weighted by atomic mass is 19.1. The molecular weight excluding hydrogens is 343 g/mol. The quantitative estimate of drug-likeness (QED) is 0.557. The van der Waals surface area contributed by atoms with Crippen molar-refractivity contribution in [1.82, 2.24) is 4.90 Å². The smallest absolute Gasteiger partial charge is 0.286 e. The Morgan fingerprint density at radius 1 is 1.27 bits per heavy atom. The summed E-state index contributed by atoms with van der Waals surface area (Å²) in [5, 5.41) is 11.4. The molecule has 0 heterocycles. The minimum Gasteiger partial charge on any atom is -0.493 e. The summed E-state index contributed by atoms with van der Waals surface area (Å²) >= 11 is 0. The number of hydrogen-bond acceptors (Lipinski definition) is 5. The average molecular weight is 362 g/mol. The van der Waals surface area contributed by atoms with Crippen LogP contribution in [0, 0.1) is 15.9 Å². The molecular formula is C18H19FN2O5. The van der Waals surface area contributed by atoms with Gasteiger partial charge in [-0.2, -0.15) is 0 Å². The van der Waals surface area contributed by atoms with Crippen molar-refractivity contribution >= 4 is 11.6 Å². The number of nitro benzene ring substituents is 1. The number of halogens is 1. The van der Waals surface area contributed by atoms with Crippen LogP contribution in [0.1, 0.15) is 22.8 Å². The summed E-state index contributed by atoms with van der Waals surface area (Å²) in [6.07, 6.45) is 0. The lowest BCUT2D eigenvalue weighted by atomic mass is 10.1. The van der Waals surface area contributed by atoms with Crippen molar-refractivity contribution in [3.05, 3.63) is 63.5 Å². The fourth-order valence-corrected chi connectivity index (χ4v) is 2.49. The van der Waals surface area contributed by atoms with Gasteiger partial charge in [-0.25, -0.2) is 4.39 Å². The second-order valence-corrected chi connectivity index (χ2v) is 5.50. The van der Waals surface area contributed by atoms with Gasteiger partial charge in [0.2, 0.25) is 0 Å². The molecule has 1 amide bonds. The highest BCUT2D eigenvalue weighted by Gasteiger charge is 2.26. The number of hydrogen-bond donors (Lipinski definition) is 0. The molecule has 0 atom stereocenters. The van der Waals surface area contributed by atoms with E-state index in [9.17, 15) is 19.3 Å². The lowest BCUT2D eigenvalue weighted by molar-refractivity contribution is -0.385. The predicted molar refractivity (Wildman–Crippen MR) is 93.0 cm³/mol. The van der Waals surface area contributed by atoms with E-state index >= 15 is 0 Å². The molecule has 2 rings (SSSR count). The van der Waals surface area contributed by atoms with E-state index in [2.05, 4.69) is 0 Å². The van der Waals surface area contributed by atoms with Gasteiger partial charge in [0.1, 0.15) is 11.4 Å². The first-order chi connectivity index (χ1) is 12.4. The minimum absolute atomic E-state index is 0.101. The van der Waals surface area contributed by atoms with E-state index in [0.717, 1.165) is 6.07 Å². The Morgan fingerprint density at radius 2 is 2.00 bits per heavy atom. The van der Waals surface area contributed by atoms with Gasteiger partial charge >= 0.3 is 0 Å². The van der Waals surface area contributed by atoms with Gasteiger partial charge < -0.3 is 14.4 Å². The number of nitro groups is 1. The van der Waals surface area contributed by atoms with E-state index in [1.165, 1.54) is 43.3 Å². The third kappa shape index (κ3) is 4.27. The number of methoxy groups -OCH3 is 1. The van der Waals surface area contributed by atoms with Crippen molar-refractivity contribution in [2.24, 2.45) is 0 Å². The number of nitrogens with zero attached hydrogens (tertiary/aromatic N) is 2. The van der Waals surface area contributed by atoms with Gasteiger partial charge in [-0.05, 0) is 24.6 Å². The van der Waals surface area contributed by atoms with E-state index < -0.39 is 16.6 Å². The van der Waals surface area contributed by atoms with Gasteiger partial charge in [-0.15, -0.1) is 0 Å². The Hall–Kier alpha value is -3.16. The fraction of sp³-hybridized carbons (Fsp3) is 0.278. The fourth-order valence-electron chi connectivity index (χ4n) is 2.49. The molecule has 0 spiro atoms. The standard InChI is InChI=1S/C18H19FN2O5/c1-4-26-17-9-14(15(21(23)24)10-16(17)25-3)18(22)20(2)11-12-6-5-7-13(19)8-12/h5-10H,4,11H2,1-3H3. The number of rotatable bonds is 7. The van der Waals surface area contributed by atoms with Crippen LogP contribution in [0.2, 0.25) is 0 Å². The van der Waals surface area contributed by atoms with Gasteiger partial charge in [0.05, 0.1) is 24.7 Å². The van der Waals surface area contributed by atoms with Crippen LogP contribution in [0.25, 0.3) is 0 Å². The first kappa shape index (κ1) is 19.2. The van der Waals surface area contributed by atoms with Crippen LogP contribution in [0.5, 0.6) is 11.5 Å². The van der Waals surface area contributed by atoms with E-state index in [-0.39, 0.29) is 29.3 Å². The SMILES string of the molecule is CCOc1cc(C(=O)N(C)Cc2cccc(F)c2)c([N+](=O)[O-])cc1OC. The molecule has 26 heavy (non-hydrogen) atoms. The lowest BCUT2D eigenvalue weighted by Crippen LogP contribution is -2.27. The highest BCUT2D eigenvalue weighted by molar-refractivity contribution is 5.99. The molecule has 2 aromatic rings. The molecule has 138 valence electrons. The summed E-state index contributed by atoms with van der Waals surface area (Å²) in [6, 6.07) is 8.26. The third-order valence-electron chi connectivity index (χ3n) is 3.66. The van der Waals surface area contributed by atoms with Crippen LogP contribution in [-0.2, 0) is 6.54 Å². The van der Waals surface area contributed by atoms with E-state index in [0.29, 0.717) is 12.2 Å². The van der Waals surface area contributed by atoms with Gasteiger partial charge in [-0.1, -0.05) is 12.1 Å². The Kier molecular flexibility index (Phi) is 6.11. The Labute approximate surface area is 150 Å². The maximum Gasteiger partial charge on any atom is 0.286 e. The molecule has 0 unspecified atom stereocenters. The molecule has 0 bridgehead atoms. The van der Waals surface area contributed by atoms with Gasteiger partial charge in [-0.3, -0.25) is 14.9 Å². The molecule has 0 saturated heterocycles. The molecule has 0 aliphatic carbocycles. The van der Waals surface area contributed by atoms with Crippen molar-refractivity contribution in [1.29, 1.82) is 0 Å². The molecule has 0 aliphatic heterocycles. The van der Waals surface area contributed by atoms with Gasteiger partial charge in [0.25, 0.3) is 11.6 Å². The van der Waals surface area contributed by atoms with Crippen molar-refractivity contribution < 1.29 is 23.6 Å². The second-order valence-electron chi connectivity index (χ2n) is 5.50. The molecule has 0 aromatic heterocycles. The number of amides is 1. The van der Waals surface area contributed by atoms with Crippen LogP contribution in [0.4, 0.5) is 10.1 Å². The molecule has 0 fully saturated rings. The summed E-state index contributed by atoms with van der Waals surface area (Å²) < 4.78 is 23.8. The van der Waals surface area contributed by atoms with Crippen molar-refractivity contribution in [3.63, 3.8) is 0 Å². The number of carbonyl (C=O) groups is 1. The zero-order valence-corrected chi connectivity index (χ0v) is 14.7. The van der Waals surface area contributed by atoms with Crippen molar-refractivity contribution in [2.75, 3.05) is 20.8 Å². The third-order valence-corrected chi connectivity index (χ3v) is 3.66. The molecule has 7 nitrogen and oxygen atoms in total. The van der Waals surface area contributed by atoms with Crippen LogP contribution < -0.4 is 9.47 Å². The molecule has 0 radical (unpaired) electrons. The monoisotopic (exact) mass is 362 g/mol. The summed E-state index contributed by atoms with van der Waals surface area (Å²) in [4.78, 5) is 24.8.